The molecule has 0 saturated carbocycles. The molecule has 2 aromatic rings. The predicted molar refractivity (Wildman–Crippen MR) is 107 cm³/mol. The number of anilines is 1. The summed E-state index contributed by atoms with van der Waals surface area (Å²) in [6.07, 6.45) is 0.202. The third-order valence-electron chi connectivity index (χ3n) is 4.45. The summed E-state index contributed by atoms with van der Waals surface area (Å²) < 4.78 is 51.8. The number of benzene rings is 2. The van der Waals surface area contributed by atoms with Crippen LogP contribution in [0.3, 0.4) is 0 Å². The van der Waals surface area contributed by atoms with Gasteiger partial charge in [-0.15, -0.1) is 0 Å². The summed E-state index contributed by atoms with van der Waals surface area (Å²) in [4.78, 5) is 12.9. The van der Waals surface area contributed by atoms with Crippen molar-refractivity contribution in [3.05, 3.63) is 87.0 Å². The Morgan fingerprint density at radius 1 is 1.17 bits per heavy atom. The molecule has 1 atom stereocenters. The van der Waals surface area contributed by atoms with Gasteiger partial charge in [0, 0.05) is 23.4 Å². The average Bonchev–Trinajstić information content (AvgIpc) is 2.71. The smallest absolute Gasteiger partial charge is 0.337 e. The lowest BCUT2D eigenvalue weighted by molar-refractivity contribution is 0.0600. The summed E-state index contributed by atoms with van der Waals surface area (Å²) in [6, 6.07) is 6.88. The van der Waals surface area contributed by atoms with Crippen molar-refractivity contribution in [2.45, 2.75) is 19.8 Å². The summed E-state index contributed by atoms with van der Waals surface area (Å²) in [5.41, 5.74) is 0.637. The number of rotatable bonds is 5. The van der Waals surface area contributed by atoms with E-state index < -0.39 is 29.6 Å². The largest absolute Gasteiger partial charge is 0.488 e. The van der Waals surface area contributed by atoms with E-state index in [2.05, 4.69) is 20.7 Å². The van der Waals surface area contributed by atoms with E-state index >= 15 is 0 Å². The van der Waals surface area contributed by atoms with Crippen molar-refractivity contribution < 1.29 is 32.5 Å². The van der Waals surface area contributed by atoms with Gasteiger partial charge >= 0.3 is 5.97 Å². The van der Waals surface area contributed by atoms with E-state index in [0.29, 0.717) is 5.70 Å². The molecule has 1 aliphatic heterocycles. The molecule has 1 heterocycles. The Bertz CT molecular complexity index is 1050. The molecule has 9 heteroatoms. The van der Waals surface area contributed by atoms with Crippen molar-refractivity contribution in [3.63, 3.8) is 0 Å². The van der Waals surface area contributed by atoms with Crippen LogP contribution in [0.1, 0.15) is 22.8 Å². The van der Waals surface area contributed by atoms with Crippen LogP contribution >= 0.6 is 15.9 Å². The number of ether oxygens (including phenoxy) is 2. The summed E-state index contributed by atoms with van der Waals surface area (Å²) >= 11 is 3.23. The first-order valence-corrected chi connectivity index (χ1v) is 9.52. The van der Waals surface area contributed by atoms with Crippen LogP contribution in [-0.4, -0.2) is 24.4 Å². The predicted octanol–water partition coefficient (Wildman–Crippen LogP) is 4.76. The van der Waals surface area contributed by atoms with Crippen LogP contribution in [0.15, 0.2) is 58.4 Å². The molecular weight excluding hydrogens is 467 g/mol. The second-order valence-corrected chi connectivity index (χ2v) is 7.28. The fourth-order valence-electron chi connectivity index (χ4n) is 2.94. The molecule has 0 bridgehead atoms. The number of esters is 1. The van der Waals surface area contributed by atoms with Gasteiger partial charge in [-0.05, 0) is 53.2 Å². The van der Waals surface area contributed by atoms with Gasteiger partial charge in [0.15, 0.2) is 6.23 Å². The zero-order chi connectivity index (χ0) is 22.0. The van der Waals surface area contributed by atoms with Crippen LogP contribution in [0.2, 0.25) is 0 Å². The van der Waals surface area contributed by atoms with E-state index in [1.807, 2.05) is 0 Å². The number of hydrogen-bond donors (Lipinski definition) is 1. The molecule has 0 saturated heterocycles. The van der Waals surface area contributed by atoms with Crippen molar-refractivity contribution in [1.82, 2.24) is 0 Å². The zero-order valence-electron chi connectivity index (χ0n) is 16.0. The topological polar surface area (TPSA) is 59.0 Å². The van der Waals surface area contributed by atoms with Gasteiger partial charge in [-0.2, -0.15) is 0 Å². The molecule has 0 fully saturated rings. The van der Waals surface area contributed by atoms with E-state index in [1.165, 1.54) is 36.3 Å². The minimum atomic E-state index is -1.33. The number of nitrogens with zero attached hydrogens (tertiary/aromatic N) is 1. The van der Waals surface area contributed by atoms with Gasteiger partial charge < -0.3 is 19.5 Å². The summed E-state index contributed by atoms with van der Waals surface area (Å²) in [5, 5.41) is 10.7. The highest BCUT2D eigenvalue weighted by atomic mass is 79.9. The number of hydrogen-bond acceptors (Lipinski definition) is 5. The zero-order valence-corrected chi connectivity index (χ0v) is 17.5. The lowest BCUT2D eigenvalue weighted by atomic mass is 10.1. The summed E-state index contributed by atoms with van der Waals surface area (Å²) in [5.74, 6) is -2.65. The maximum Gasteiger partial charge on any atom is 0.337 e. The number of carbonyl (C=O) groups excluding carboxylic acids is 1. The Morgan fingerprint density at radius 2 is 1.90 bits per heavy atom. The van der Waals surface area contributed by atoms with Crippen LogP contribution in [0.25, 0.3) is 0 Å². The van der Waals surface area contributed by atoms with E-state index in [9.17, 15) is 23.1 Å². The normalized spacial score (nSPS) is 16.4. The van der Waals surface area contributed by atoms with E-state index in [4.69, 9.17) is 4.74 Å². The summed E-state index contributed by atoms with van der Waals surface area (Å²) in [6.45, 7) is 1.42. The Kier molecular flexibility index (Phi) is 6.52. The first-order valence-electron chi connectivity index (χ1n) is 8.72. The second-order valence-electron chi connectivity index (χ2n) is 6.42. The van der Waals surface area contributed by atoms with Crippen LogP contribution in [0.5, 0.6) is 0 Å². The molecule has 158 valence electrons. The molecule has 3 rings (SSSR count). The molecule has 1 aliphatic rings. The lowest BCUT2D eigenvalue weighted by Crippen LogP contribution is -2.37. The van der Waals surface area contributed by atoms with E-state index in [0.717, 1.165) is 18.2 Å². The van der Waals surface area contributed by atoms with Crippen molar-refractivity contribution in [2.24, 2.45) is 0 Å². The van der Waals surface area contributed by atoms with E-state index in [-0.39, 0.29) is 33.7 Å². The molecule has 1 unspecified atom stereocenters. The van der Waals surface area contributed by atoms with Crippen molar-refractivity contribution in [1.29, 1.82) is 0 Å². The Hall–Kier alpha value is -2.78. The lowest BCUT2D eigenvalue weighted by Gasteiger charge is -2.34. The maximum absolute atomic E-state index is 14.6. The second kappa shape index (κ2) is 8.93. The highest BCUT2D eigenvalue weighted by Gasteiger charge is 2.30. The Morgan fingerprint density at radius 3 is 2.53 bits per heavy atom. The van der Waals surface area contributed by atoms with Gasteiger partial charge in [-0.25, -0.2) is 18.0 Å². The van der Waals surface area contributed by atoms with Gasteiger partial charge in [-0.3, -0.25) is 0 Å². The standard InChI is InChI=1S/C21H17BrF3NO4/c1-11-7-18(30-10-13-3-5-14(23)9-15(13)24)19(22)20(27)26(11)17-6-4-12(8-16(17)25)21(28)29-2/h3-9,20,27H,10H2,1-2H3. The minimum absolute atomic E-state index is 0.0319. The fraction of sp³-hybridized carbons (Fsp3) is 0.190. The van der Waals surface area contributed by atoms with Gasteiger partial charge in [-0.1, -0.05) is 0 Å². The number of carbonyl (C=O) groups is 1. The van der Waals surface area contributed by atoms with Gasteiger partial charge in [0.1, 0.15) is 29.8 Å². The fourth-order valence-corrected chi connectivity index (χ4v) is 3.37. The molecule has 0 aromatic heterocycles. The van der Waals surface area contributed by atoms with Crippen molar-refractivity contribution in [2.75, 3.05) is 12.0 Å². The number of halogens is 4. The molecule has 0 aliphatic carbocycles. The average molecular weight is 484 g/mol. The van der Waals surface area contributed by atoms with Crippen molar-refractivity contribution >= 4 is 27.6 Å². The number of aliphatic hydroxyl groups is 1. The molecule has 5 nitrogen and oxygen atoms in total. The highest BCUT2D eigenvalue weighted by molar-refractivity contribution is 9.11. The van der Waals surface area contributed by atoms with Crippen LogP contribution in [-0.2, 0) is 16.1 Å². The highest BCUT2D eigenvalue weighted by Crippen LogP contribution is 2.35. The van der Waals surface area contributed by atoms with Gasteiger partial charge in [0.25, 0.3) is 0 Å². The number of aliphatic hydroxyl groups excluding tert-OH is 1. The van der Waals surface area contributed by atoms with Crippen LogP contribution in [0.4, 0.5) is 18.9 Å². The quantitative estimate of drug-likeness (QED) is 0.621. The maximum atomic E-state index is 14.6. The molecule has 30 heavy (non-hydrogen) atoms. The minimum Gasteiger partial charge on any atom is -0.488 e. The van der Waals surface area contributed by atoms with Crippen LogP contribution < -0.4 is 4.90 Å². The molecule has 0 radical (unpaired) electrons. The number of methoxy groups -OCH3 is 1. The Labute approximate surface area is 179 Å². The molecule has 1 N–H and O–H groups in total. The number of allylic oxidation sites excluding steroid dienone is 2. The van der Waals surface area contributed by atoms with E-state index in [1.54, 1.807) is 6.92 Å². The van der Waals surface area contributed by atoms with Gasteiger partial charge in [0.2, 0.25) is 0 Å². The first-order chi connectivity index (χ1) is 14.2. The molecule has 0 spiro atoms. The molecular formula is C21H17BrF3NO4. The van der Waals surface area contributed by atoms with Gasteiger partial charge in [0.05, 0.1) is 22.8 Å². The molecule has 0 amide bonds. The van der Waals surface area contributed by atoms with Crippen molar-refractivity contribution in [3.8, 4) is 0 Å². The summed E-state index contributed by atoms with van der Waals surface area (Å²) in [7, 11) is 1.19. The third-order valence-corrected chi connectivity index (χ3v) is 5.25. The third kappa shape index (κ3) is 4.36. The Balaban J connectivity index is 1.83. The van der Waals surface area contributed by atoms with Crippen LogP contribution in [0, 0.1) is 17.5 Å². The first kappa shape index (κ1) is 21.9. The monoisotopic (exact) mass is 483 g/mol. The molecule has 2 aromatic carbocycles. The SMILES string of the molecule is COC(=O)c1ccc(N2C(C)=CC(OCc3ccc(F)cc3F)=C(Br)C2O)c(F)c1.